The summed E-state index contributed by atoms with van der Waals surface area (Å²) in [5, 5.41) is 0. The highest BCUT2D eigenvalue weighted by Gasteiger charge is 2.29. The second kappa shape index (κ2) is 7.07. The Bertz CT molecular complexity index is 425. The summed E-state index contributed by atoms with van der Waals surface area (Å²) in [6.45, 7) is 0.695. The first kappa shape index (κ1) is 15.3. The van der Waals surface area contributed by atoms with Crippen molar-refractivity contribution in [1.29, 1.82) is 0 Å². The monoisotopic (exact) mass is 279 g/mol. The molecule has 1 aromatic carbocycles. The summed E-state index contributed by atoms with van der Waals surface area (Å²) >= 11 is 0. The molecule has 0 radical (unpaired) electrons. The summed E-state index contributed by atoms with van der Waals surface area (Å²) < 4.78 is 18.8. The Kier molecular flexibility index (Phi) is 5.41. The van der Waals surface area contributed by atoms with Gasteiger partial charge in [-0.05, 0) is 48.9 Å². The zero-order valence-electron chi connectivity index (χ0n) is 12.5. The fourth-order valence-corrected chi connectivity index (χ4v) is 3.36. The zero-order valence-corrected chi connectivity index (χ0v) is 12.5. The first-order valence-corrected chi connectivity index (χ1v) is 7.72. The second-order valence-electron chi connectivity index (χ2n) is 6.12. The molecule has 0 unspecified atom stereocenters. The quantitative estimate of drug-likeness (QED) is 0.902. The topological polar surface area (TPSA) is 35.2 Å². The van der Waals surface area contributed by atoms with Gasteiger partial charge in [-0.3, -0.25) is 0 Å². The molecule has 1 saturated carbocycles. The summed E-state index contributed by atoms with van der Waals surface area (Å²) in [6.07, 6.45) is 9.65. The molecule has 3 heteroatoms. The molecule has 2 rings (SSSR count). The molecular weight excluding hydrogens is 253 g/mol. The van der Waals surface area contributed by atoms with Gasteiger partial charge < -0.3 is 10.5 Å². The molecule has 1 aliphatic rings. The fraction of sp³-hybridized carbons (Fsp3) is 0.647. The molecule has 20 heavy (non-hydrogen) atoms. The van der Waals surface area contributed by atoms with Gasteiger partial charge in [0.25, 0.3) is 0 Å². The third-order valence-electron chi connectivity index (χ3n) is 4.64. The van der Waals surface area contributed by atoms with Crippen LogP contribution in [0.2, 0.25) is 0 Å². The lowest BCUT2D eigenvalue weighted by molar-refractivity contribution is 0.216. The lowest BCUT2D eigenvalue weighted by Gasteiger charge is -2.34. The third-order valence-corrected chi connectivity index (χ3v) is 4.64. The van der Waals surface area contributed by atoms with Gasteiger partial charge in [0.2, 0.25) is 0 Å². The molecule has 0 saturated heterocycles. The van der Waals surface area contributed by atoms with Gasteiger partial charge in [0, 0.05) is 0 Å². The van der Waals surface area contributed by atoms with Crippen LogP contribution in [-0.2, 0) is 6.42 Å². The molecule has 0 atom stereocenters. The van der Waals surface area contributed by atoms with Gasteiger partial charge in [-0.1, -0.05) is 38.2 Å². The fourth-order valence-electron chi connectivity index (χ4n) is 3.36. The van der Waals surface area contributed by atoms with Crippen LogP contribution in [0.5, 0.6) is 5.75 Å². The van der Waals surface area contributed by atoms with Gasteiger partial charge in [0.15, 0.2) is 11.6 Å². The van der Waals surface area contributed by atoms with Crippen molar-refractivity contribution in [2.75, 3.05) is 13.7 Å². The van der Waals surface area contributed by atoms with Crippen LogP contribution in [0.1, 0.15) is 50.5 Å². The maximum atomic E-state index is 13.8. The molecular formula is C17H26FNO. The van der Waals surface area contributed by atoms with Crippen molar-refractivity contribution in [1.82, 2.24) is 0 Å². The Morgan fingerprint density at radius 3 is 2.35 bits per heavy atom. The highest BCUT2D eigenvalue weighted by molar-refractivity contribution is 5.30. The average molecular weight is 279 g/mol. The molecule has 2 nitrogen and oxygen atoms in total. The summed E-state index contributed by atoms with van der Waals surface area (Å²) in [7, 11) is 1.49. The van der Waals surface area contributed by atoms with Crippen molar-refractivity contribution in [2.24, 2.45) is 11.1 Å². The minimum Gasteiger partial charge on any atom is -0.494 e. The van der Waals surface area contributed by atoms with E-state index in [9.17, 15) is 4.39 Å². The third kappa shape index (κ3) is 3.72. The van der Waals surface area contributed by atoms with Crippen LogP contribution in [0.4, 0.5) is 4.39 Å². The number of nitrogens with two attached hydrogens (primary N) is 1. The van der Waals surface area contributed by atoms with Crippen LogP contribution in [0.15, 0.2) is 18.2 Å². The first-order chi connectivity index (χ1) is 9.69. The Hall–Kier alpha value is -1.09. The predicted molar refractivity (Wildman–Crippen MR) is 80.5 cm³/mol. The number of ether oxygens (including phenoxy) is 1. The lowest BCUT2D eigenvalue weighted by atomic mass is 9.72. The van der Waals surface area contributed by atoms with Crippen molar-refractivity contribution < 1.29 is 9.13 Å². The summed E-state index contributed by atoms with van der Waals surface area (Å²) in [5.74, 6) is 0.0382. The lowest BCUT2D eigenvalue weighted by Crippen LogP contribution is -2.33. The Morgan fingerprint density at radius 1 is 1.15 bits per heavy atom. The van der Waals surface area contributed by atoms with E-state index in [1.165, 1.54) is 39.2 Å². The summed E-state index contributed by atoms with van der Waals surface area (Å²) in [6, 6.07) is 5.30. The molecule has 0 amide bonds. The van der Waals surface area contributed by atoms with Gasteiger partial charge >= 0.3 is 0 Å². The molecule has 2 N–H and O–H groups in total. The summed E-state index contributed by atoms with van der Waals surface area (Å²) in [4.78, 5) is 0. The minimum absolute atomic E-state index is 0.154. The molecule has 0 spiro atoms. The maximum absolute atomic E-state index is 13.8. The molecule has 1 aromatic rings. The van der Waals surface area contributed by atoms with Gasteiger partial charge in [0.1, 0.15) is 0 Å². The van der Waals surface area contributed by atoms with Crippen molar-refractivity contribution in [3.63, 3.8) is 0 Å². The van der Waals surface area contributed by atoms with E-state index in [2.05, 4.69) is 0 Å². The summed E-state index contributed by atoms with van der Waals surface area (Å²) in [5.41, 5.74) is 7.27. The SMILES string of the molecule is COc1ccc(CC2(CN)CCCCCCC2)cc1F. The molecule has 112 valence electrons. The van der Waals surface area contributed by atoms with Gasteiger partial charge in [-0.25, -0.2) is 4.39 Å². The van der Waals surface area contributed by atoms with E-state index in [0.717, 1.165) is 24.8 Å². The maximum Gasteiger partial charge on any atom is 0.165 e. The number of methoxy groups -OCH3 is 1. The van der Waals surface area contributed by atoms with Crippen molar-refractivity contribution in [3.05, 3.63) is 29.6 Å². The number of hydrogen-bond acceptors (Lipinski definition) is 2. The van der Waals surface area contributed by atoms with Crippen LogP contribution in [0.25, 0.3) is 0 Å². The Morgan fingerprint density at radius 2 is 1.80 bits per heavy atom. The van der Waals surface area contributed by atoms with E-state index in [1.54, 1.807) is 12.1 Å². The van der Waals surface area contributed by atoms with Crippen LogP contribution in [-0.4, -0.2) is 13.7 Å². The molecule has 1 fully saturated rings. The molecule has 0 heterocycles. The van der Waals surface area contributed by atoms with E-state index in [-0.39, 0.29) is 11.2 Å². The first-order valence-electron chi connectivity index (χ1n) is 7.72. The van der Waals surface area contributed by atoms with E-state index in [4.69, 9.17) is 10.5 Å². The van der Waals surface area contributed by atoms with E-state index < -0.39 is 0 Å². The number of rotatable bonds is 4. The van der Waals surface area contributed by atoms with Gasteiger partial charge in [-0.2, -0.15) is 0 Å². The predicted octanol–water partition coefficient (Wildman–Crippen LogP) is 4.07. The van der Waals surface area contributed by atoms with Crippen molar-refractivity contribution >= 4 is 0 Å². The number of hydrogen-bond donors (Lipinski definition) is 1. The van der Waals surface area contributed by atoms with Crippen LogP contribution in [0.3, 0.4) is 0 Å². The number of halogens is 1. The van der Waals surface area contributed by atoms with E-state index in [1.807, 2.05) is 6.07 Å². The van der Waals surface area contributed by atoms with Crippen LogP contribution >= 0.6 is 0 Å². The van der Waals surface area contributed by atoms with Crippen molar-refractivity contribution in [2.45, 2.75) is 51.4 Å². The standard InChI is InChI=1S/C17H26FNO/c1-20-16-8-7-14(11-15(16)18)12-17(13-19)9-5-3-2-4-6-10-17/h7-8,11H,2-6,9-10,12-13,19H2,1H3. The largest absolute Gasteiger partial charge is 0.494 e. The normalized spacial score (nSPS) is 19.1. The highest BCUT2D eigenvalue weighted by Crippen LogP contribution is 2.37. The Balaban J connectivity index is 2.13. The average Bonchev–Trinajstić information content (AvgIpc) is 2.42. The molecule has 1 aliphatic carbocycles. The van der Waals surface area contributed by atoms with Crippen LogP contribution < -0.4 is 10.5 Å². The molecule has 0 aromatic heterocycles. The van der Waals surface area contributed by atoms with E-state index in [0.29, 0.717) is 12.3 Å². The second-order valence-corrected chi connectivity index (χ2v) is 6.12. The molecule has 0 bridgehead atoms. The van der Waals surface area contributed by atoms with Gasteiger partial charge in [-0.15, -0.1) is 0 Å². The zero-order chi connectivity index (χ0) is 14.4. The van der Waals surface area contributed by atoms with Crippen molar-refractivity contribution in [3.8, 4) is 5.75 Å². The van der Waals surface area contributed by atoms with Crippen LogP contribution in [0, 0.1) is 11.2 Å². The smallest absolute Gasteiger partial charge is 0.165 e. The number of benzene rings is 1. The van der Waals surface area contributed by atoms with E-state index >= 15 is 0 Å². The Labute approximate surface area is 121 Å². The molecule has 0 aliphatic heterocycles. The minimum atomic E-state index is -0.275. The van der Waals surface area contributed by atoms with Gasteiger partial charge in [0.05, 0.1) is 7.11 Å². The highest BCUT2D eigenvalue weighted by atomic mass is 19.1.